The number of ether oxygens (including phenoxy) is 1. The molecule has 0 aliphatic heterocycles. The van der Waals surface area contributed by atoms with E-state index in [-0.39, 0.29) is 25.4 Å². The van der Waals surface area contributed by atoms with Crippen molar-refractivity contribution in [3.63, 3.8) is 0 Å². The number of carboxylic acid groups (broad SMARTS) is 1. The van der Waals surface area contributed by atoms with Gasteiger partial charge in [-0.3, -0.25) is 9.59 Å². The van der Waals surface area contributed by atoms with Gasteiger partial charge in [-0.1, -0.05) is 6.07 Å². The molecule has 6 heteroatoms. The molecule has 0 radical (unpaired) electrons. The highest BCUT2D eigenvalue weighted by molar-refractivity contribution is 9.10. The molecular weight excluding hydrogens is 350 g/mol. The fraction of sp³-hybridized carbons (Fsp3) is 0.500. The number of aliphatic carboxylic acids is 1. The van der Waals surface area contributed by atoms with Gasteiger partial charge in [-0.15, -0.1) is 0 Å². The summed E-state index contributed by atoms with van der Waals surface area (Å²) in [4.78, 5) is 22.5. The van der Waals surface area contributed by atoms with Crippen molar-refractivity contribution < 1.29 is 19.4 Å². The number of carbonyl (C=O) groups excluding carboxylic acids is 1. The van der Waals surface area contributed by atoms with E-state index in [2.05, 4.69) is 21.2 Å². The minimum absolute atomic E-state index is 0.0279. The maximum atomic E-state index is 11.9. The Morgan fingerprint density at radius 1 is 1.32 bits per heavy atom. The molecule has 0 bridgehead atoms. The van der Waals surface area contributed by atoms with E-state index in [1.165, 1.54) is 0 Å². The fourth-order valence-corrected chi connectivity index (χ4v) is 2.51. The van der Waals surface area contributed by atoms with Crippen molar-refractivity contribution in [3.05, 3.63) is 28.2 Å². The predicted octanol–water partition coefficient (Wildman–Crippen LogP) is 3.29. The van der Waals surface area contributed by atoms with Gasteiger partial charge in [-0.2, -0.15) is 0 Å². The quantitative estimate of drug-likeness (QED) is 0.734. The van der Waals surface area contributed by atoms with E-state index in [1.807, 2.05) is 39.0 Å². The maximum absolute atomic E-state index is 11.9. The monoisotopic (exact) mass is 371 g/mol. The highest BCUT2D eigenvalue weighted by Gasteiger charge is 2.21. The number of halogens is 1. The first-order valence-electron chi connectivity index (χ1n) is 7.11. The molecule has 0 heterocycles. The van der Waals surface area contributed by atoms with Crippen molar-refractivity contribution in [3.8, 4) is 5.75 Å². The van der Waals surface area contributed by atoms with Crippen molar-refractivity contribution in [1.29, 1.82) is 0 Å². The van der Waals surface area contributed by atoms with Crippen LogP contribution >= 0.6 is 15.9 Å². The topological polar surface area (TPSA) is 75.6 Å². The molecule has 0 saturated heterocycles. The molecule has 22 heavy (non-hydrogen) atoms. The molecule has 0 fully saturated rings. The van der Waals surface area contributed by atoms with Crippen LogP contribution in [0.2, 0.25) is 0 Å². The third-order valence-corrected chi connectivity index (χ3v) is 3.74. The predicted molar refractivity (Wildman–Crippen MR) is 88.1 cm³/mol. The minimum Gasteiger partial charge on any atom is -0.492 e. The molecule has 1 aromatic rings. The Bertz CT molecular complexity index is 543. The Labute approximate surface area is 139 Å². The third kappa shape index (κ3) is 6.93. The zero-order valence-electron chi connectivity index (χ0n) is 13.1. The van der Waals surface area contributed by atoms with Gasteiger partial charge in [-0.05, 0) is 60.8 Å². The van der Waals surface area contributed by atoms with E-state index in [0.717, 1.165) is 10.0 Å². The van der Waals surface area contributed by atoms with Crippen LogP contribution in [0.4, 0.5) is 0 Å². The van der Waals surface area contributed by atoms with Crippen LogP contribution in [-0.4, -0.2) is 29.1 Å². The maximum Gasteiger partial charge on any atom is 0.303 e. The normalized spacial score (nSPS) is 11.1. The Morgan fingerprint density at radius 2 is 2.00 bits per heavy atom. The summed E-state index contributed by atoms with van der Waals surface area (Å²) >= 11 is 3.42. The summed E-state index contributed by atoms with van der Waals surface area (Å²) in [5.41, 5.74) is 0.581. The molecule has 0 spiro atoms. The molecule has 0 saturated carbocycles. The number of hydrogen-bond donors (Lipinski definition) is 2. The first-order chi connectivity index (χ1) is 10.2. The highest BCUT2D eigenvalue weighted by Crippen LogP contribution is 2.25. The van der Waals surface area contributed by atoms with Crippen molar-refractivity contribution >= 4 is 27.8 Å². The standard InChI is InChI=1S/C16H22BrNO4/c1-11-4-5-13(12(17)10-11)22-9-7-14(19)18-16(2,3)8-6-15(20)21/h4-5,10H,6-9H2,1-3H3,(H,18,19)(H,20,21). The summed E-state index contributed by atoms with van der Waals surface area (Å²) in [7, 11) is 0. The zero-order valence-corrected chi connectivity index (χ0v) is 14.7. The van der Waals surface area contributed by atoms with Crippen molar-refractivity contribution in [2.24, 2.45) is 0 Å². The highest BCUT2D eigenvalue weighted by atomic mass is 79.9. The number of aryl methyl sites for hydroxylation is 1. The smallest absolute Gasteiger partial charge is 0.303 e. The number of carbonyl (C=O) groups is 2. The molecule has 2 N–H and O–H groups in total. The largest absolute Gasteiger partial charge is 0.492 e. The molecule has 0 aliphatic rings. The molecule has 0 unspecified atom stereocenters. The van der Waals surface area contributed by atoms with Crippen LogP contribution in [0.5, 0.6) is 5.75 Å². The molecular formula is C16H22BrNO4. The summed E-state index contributed by atoms with van der Waals surface area (Å²) in [6, 6.07) is 5.74. The second-order valence-corrected chi connectivity index (χ2v) is 6.71. The van der Waals surface area contributed by atoms with E-state index in [1.54, 1.807) is 0 Å². The Balaban J connectivity index is 2.38. The number of amides is 1. The summed E-state index contributed by atoms with van der Waals surface area (Å²) < 4.78 is 6.43. The Kier molecular flexibility index (Phi) is 6.87. The van der Waals surface area contributed by atoms with Gasteiger partial charge in [0.1, 0.15) is 5.75 Å². The molecule has 1 aromatic carbocycles. The fourth-order valence-electron chi connectivity index (χ4n) is 1.90. The van der Waals surface area contributed by atoms with Gasteiger partial charge in [0.05, 0.1) is 17.5 Å². The summed E-state index contributed by atoms with van der Waals surface area (Å²) in [6.45, 7) is 5.88. The van der Waals surface area contributed by atoms with Crippen LogP contribution in [0.1, 0.15) is 38.7 Å². The molecule has 122 valence electrons. The van der Waals surface area contributed by atoms with Gasteiger partial charge in [0.15, 0.2) is 0 Å². The van der Waals surface area contributed by atoms with Crippen LogP contribution in [-0.2, 0) is 9.59 Å². The average molecular weight is 372 g/mol. The van der Waals surface area contributed by atoms with Crippen molar-refractivity contribution in [1.82, 2.24) is 5.32 Å². The second-order valence-electron chi connectivity index (χ2n) is 5.86. The number of rotatable bonds is 8. The van der Waals surface area contributed by atoms with Gasteiger partial charge in [0, 0.05) is 12.0 Å². The molecule has 1 rings (SSSR count). The summed E-state index contributed by atoms with van der Waals surface area (Å²) in [6.07, 6.45) is 0.634. The van der Waals surface area contributed by atoms with Gasteiger partial charge in [0.2, 0.25) is 5.91 Å². The third-order valence-electron chi connectivity index (χ3n) is 3.12. The molecule has 5 nitrogen and oxygen atoms in total. The summed E-state index contributed by atoms with van der Waals surface area (Å²) in [5, 5.41) is 11.5. The van der Waals surface area contributed by atoms with Gasteiger partial charge >= 0.3 is 5.97 Å². The molecule has 0 aromatic heterocycles. The average Bonchev–Trinajstić information content (AvgIpc) is 2.38. The van der Waals surface area contributed by atoms with Crippen LogP contribution < -0.4 is 10.1 Å². The SMILES string of the molecule is Cc1ccc(OCCC(=O)NC(C)(C)CCC(=O)O)c(Br)c1. The van der Waals surface area contributed by atoms with E-state index >= 15 is 0 Å². The lowest BCUT2D eigenvalue weighted by atomic mass is 9.98. The molecule has 1 amide bonds. The minimum atomic E-state index is -0.866. The van der Waals surface area contributed by atoms with Gasteiger partial charge in [-0.25, -0.2) is 0 Å². The lowest BCUT2D eigenvalue weighted by Crippen LogP contribution is -2.44. The van der Waals surface area contributed by atoms with E-state index < -0.39 is 11.5 Å². The Morgan fingerprint density at radius 3 is 2.59 bits per heavy atom. The molecule has 0 aliphatic carbocycles. The Hall–Kier alpha value is -1.56. The van der Waals surface area contributed by atoms with E-state index in [4.69, 9.17) is 9.84 Å². The van der Waals surface area contributed by atoms with Crippen LogP contribution in [0.3, 0.4) is 0 Å². The van der Waals surface area contributed by atoms with Crippen molar-refractivity contribution in [2.75, 3.05) is 6.61 Å². The summed E-state index contributed by atoms with van der Waals surface area (Å²) in [5.74, 6) is -0.322. The second kappa shape index (κ2) is 8.17. The van der Waals surface area contributed by atoms with Crippen LogP contribution in [0.25, 0.3) is 0 Å². The van der Waals surface area contributed by atoms with Crippen molar-refractivity contribution in [2.45, 2.75) is 45.6 Å². The van der Waals surface area contributed by atoms with Crippen LogP contribution in [0, 0.1) is 6.92 Å². The lowest BCUT2D eigenvalue weighted by molar-refractivity contribution is -0.137. The van der Waals surface area contributed by atoms with Crippen LogP contribution in [0.15, 0.2) is 22.7 Å². The van der Waals surface area contributed by atoms with E-state index in [9.17, 15) is 9.59 Å². The molecule has 0 atom stereocenters. The van der Waals surface area contributed by atoms with Gasteiger partial charge in [0.25, 0.3) is 0 Å². The first-order valence-corrected chi connectivity index (χ1v) is 7.91. The number of nitrogens with one attached hydrogen (secondary N) is 1. The van der Waals surface area contributed by atoms with E-state index in [0.29, 0.717) is 12.2 Å². The first kappa shape index (κ1) is 18.5. The number of benzene rings is 1. The zero-order chi connectivity index (χ0) is 16.8. The number of carboxylic acids is 1. The van der Waals surface area contributed by atoms with Gasteiger partial charge < -0.3 is 15.2 Å². The lowest BCUT2D eigenvalue weighted by Gasteiger charge is -2.25. The number of hydrogen-bond acceptors (Lipinski definition) is 3.